The highest BCUT2D eigenvalue weighted by Crippen LogP contribution is 2.15. The molecule has 0 atom stereocenters. The highest BCUT2D eigenvalue weighted by atomic mass is 16.5. The molecule has 0 spiro atoms. The number of esters is 2. The molecule has 0 radical (unpaired) electrons. The van der Waals surface area contributed by atoms with Gasteiger partial charge in [-0.05, 0) is 37.3 Å². The third kappa shape index (κ3) is 5.85. The molecular weight excluding hydrogens is 350 g/mol. The SMILES string of the molecule is CCOC(=O)CN(C(=O)COC(=O)c1cccc(OC)c1)c1ccccc1. The van der Waals surface area contributed by atoms with E-state index in [1.54, 1.807) is 55.5 Å². The van der Waals surface area contributed by atoms with Crippen molar-refractivity contribution in [2.24, 2.45) is 0 Å². The second-order valence-corrected chi connectivity index (χ2v) is 5.43. The van der Waals surface area contributed by atoms with E-state index in [4.69, 9.17) is 14.2 Å². The van der Waals surface area contributed by atoms with E-state index >= 15 is 0 Å². The molecule has 0 unspecified atom stereocenters. The molecule has 0 aromatic heterocycles. The first kappa shape index (κ1) is 20.0. The van der Waals surface area contributed by atoms with Gasteiger partial charge in [-0.1, -0.05) is 24.3 Å². The average molecular weight is 371 g/mol. The highest BCUT2D eigenvalue weighted by Gasteiger charge is 2.21. The van der Waals surface area contributed by atoms with Crippen molar-refractivity contribution >= 4 is 23.5 Å². The van der Waals surface area contributed by atoms with Crippen molar-refractivity contribution in [1.82, 2.24) is 0 Å². The van der Waals surface area contributed by atoms with Crippen molar-refractivity contribution in [3.8, 4) is 5.75 Å². The Morgan fingerprint density at radius 3 is 2.37 bits per heavy atom. The molecule has 0 bridgehead atoms. The molecule has 7 heteroatoms. The standard InChI is InChI=1S/C20H21NO6/c1-3-26-19(23)13-21(16-9-5-4-6-10-16)18(22)14-27-20(24)15-8-7-11-17(12-15)25-2/h4-12H,3,13-14H2,1-2H3. The number of nitrogens with zero attached hydrogens (tertiary/aromatic N) is 1. The van der Waals surface area contributed by atoms with Crippen LogP contribution in [0.2, 0.25) is 0 Å². The van der Waals surface area contributed by atoms with Gasteiger partial charge in [-0.3, -0.25) is 14.5 Å². The summed E-state index contributed by atoms with van der Waals surface area (Å²) < 4.78 is 15.1. The van der Waals surface area contributed by atoms with E-state index in [9.17, 15) is 14.4 Å². The molecule has 2 aromatic rings. The molecule has 0 saturated heterocycles. The maximum atomic E-state index is 12.6. The lowest BCUT2D eigenvalue weighted by molar-refractivity contribution is -0.142. The molecule has 2 aromatic carbocycles. The summed E-state index contributed by atoms with van der Waals surface area (Å²) in [5.74, 6) is -1.24. The number of carbonyl (C=O) groups is 3. The highest BCUT2D eigenvalue weighted by molar-refractivity contribution is 6.00. The number of benzene rings is 2. The molecule has 2 rings (SSSR count). The number of hydrogen-bond donors (Lipinski definition) is 0. The van der Waals surface area contributed by atoms with Crippen LogP contribution < -0.4 is 9.64 Å². The maximum absolute atomic E-state index is 12.6. The minimum atomic E-state index is -0.661. The van der Waals surface area contributed by atoms with Gasteiger partial charge in [0.1, 0.15) is 12.3 Å². The summed E-state index contributed by atoms with van der Waals surface area (Å²) >= 11 is 0. The molecule has 142 valence electrons. The zero-order valence-corrected chi connectivity index (χ0v) is 15.2. The van der Waals surface area contributed by atoms with Gasteiger partial charge in [-0.15, -0.1) is 0 Å². The van der Waals surface area contributed by atoms with Crippen LogP contribution in [-0.4, -0.2) is 44.7 Å². The maximum Gasteiger partial charge on any atom is 0.338 e. The molecule has 0 aliphatic heterocycles. The normalized spacial score (nSPS) is 10.0. The lowest BCUT2D eigenvalue weighted by Crippen LogP contribution is -2.39. The number of methoxy groups -OCH3 is 1. The topological polar surface area (TPSA) is 82.1 Å². The fourth-order valence-corrected chi connectivity index (χ4v) is 2.31. The summed E-state index contributed by atoms with van der Waals surface area (Å²) in [6.45, 7) is 1.11. The Kier molecular flexibility index (Phi) is 7.37. The summed E-state index contributed by atoms with van der Waals surface area (Å²) in [5.41, 5.74) is 0.770. The molecule has 27 heavy (non-hydrogen) atoms. The lowest BCUT2D eigenvalue weighted by atomic mass is 10.2. The number of carbonyl (C=O) groups excluding carboxylic acids is 3. The van der Waals surface area contributed by atoms with Gasteiger partial charge in [0, 0.05) is 5.69 Å². The molecule has 1 amide bonds. The van der Waals surface area contributed by atoms with Gasteiger partial charge in [-0.2, -0.15) is 0 Å². The van der Waals surface area contributed by atoms with Gasteiger partial charge in [0.05, 0.1) is 19.3 Å². The van der Waals surface area contributed by atoms with E-state index in [0.717, 1.165) is 0 Å². The first-order chi connectivity index (χ1) is 13.0. The predicted molar refractivity (Wildman–Crippen MR) is 98.7 cm³/mol. The number of rotatable bonds is 8. The van der Waals surface area contributed by atoms with Crippen molar-refractivity contribution in [1.29, 1.82) is 0 Å². The van der Waals surface area contributed by atoms with Crippen LogP contribution in [0.5, 0.6) is 5.75 Å². The zero-order valence-electron chi connectivity index (χ0n) is 15.2. The van der Waals surface area contributed by atoms with Gasteiger partial charge in [0.15, 0.2) is 6.61 Å². The van der Waals surface area contributed by atoms with Gasteiger partial charge in [-0.25, -0.2) is 4.79 Å². The fourth-order valence-electron chi connectivity index (χ4n) is 2.31. The first-order valence-corrected chi connectivity index (χ1v) is 8.37. The van der Waals surface area contributed by atoms with Crippen molar-refractivity contribution in [3.63, 3.8) is 0 Å². The molecule has 0 saturated carbocycles. The van der Waals surface area contributed by atoms with Crippen molar-refractivity contribution in [2.45, 2.75) is 6.92 Å². The van der Waals surface area contributed by atoms with Crippen molar-refractivity contribution in [2.75, 3.05) is 31.8 Å². The molecule has 0 aliphatic carbocycles. The Bertz CT molecular complexity index is 790. The number of hydrogen-bond acceptors (Lipinski definition) is 6. The number of anilines is 1. The quantitative estimate of drug-likeness (QED) is 0.663. The zero-order chi connectivity index (χ0) is 19.6. The van der Waals surface area contributed by atoms with E-state index in [2.05, 4.69) is 0 Å². The fraction of sp³-hybridized carbons (Fsp3) is 0.250. The molecular formula is C20H21NO6. The monoisotopic (exact) mass is 371 g/mol. The Morgan fingerprint density at radius 1 is 0.963 bits per heavy atom. The lowest BCUT2D eigenvalue weighted by Gasteiger charge is -2.21. The Balaban J connectivity index is 2.06. The van der Waals surface area contributed by atoms with Crippen LogP contribution in [0.15, 0.2) is 54.6 Å². The van der Waals surface area contributed by atoms with Crippen LogP contribution in [-0.2, 0) is 19.1 Å². The predicted octanol–water partition coefficient (Wildman–Crippen LogP) is 2.45. The molecule has 0 aliphatic rings. The minimum Gasteiger partial charge on any atom is -0.497 e. The minimum absolute atomic E-state index is 0.209. The summed E-state index contributed by atoms with van der Waals surface area (Å²) in [7, 11) is 1.49. The first-order valence-electron chi connectivity index (χ1n) is 8.37. The smallest absolute Gasteiger partial charge is 0.338 e. The van der Waals surface area contributed by atoms with Crippen LogP contribution in [0, 0.1) is 0 Å². The number of para-hydroxylation sites is 1. The van der Waals surface area contributed by atoms with E-state index in [1.807, 2.05) is 0 Å². The average Bonchev–Trinajstić information content (AvgIpc) is 2.70. The van der Waals surface area contributed by atoms with Crippen LogP contribution in [0.1, 0.15) is 17.3 Å². The largest absolute Gasteiger partial charge is 0.497 e. The number of ether oxygens (including phenoxy) is 3. The van der Waals surface area contributed by atoms with Gasteiger partial charge < -0.3 is 14.2 Å². The van der Waals surface area contributed by atoms with E-state index in [0.29, 0.717) is 11.4 Å². The van der Waals surface area contributed by atoms with Crippen LogP contribution in [0.3, 0.4) is 0 Å². The van der Waals surface area contributed by atoms with E-state index in [-0.39, 0.29) is 18.7 Å². The van der Waals surface area contributed by atoms with Gasteiger partial charge in [0.25, 0.3) is 5.91 Å². The van der Waals surface area contributed by atoms with Gasteiger partial charge >= 0.3 is 11.9 Å². The van der Waals surface area contributed by atoms with Crippen LogP contribution in [0.25, 0.3) is 0 Å². The Morgan fingerprint density at radius 2 is 1.70 bits per heavy atom. The van der Waals surface area contributed by atoms with Gasteiger partial charge in [0.2, 0.25) is 0 Å². The van der Waals surface area contributed by atoms with Crippen LogP contribution in [0.4, 0.5) is 5.69 Å². The van der Waals surface area contributed by atoms with Crippen LogP contribution >= 0.6 is 0 Å². The second kappa shape index (κ2) is 9.96. The molecule has 0 fully saturated rings. The van der Waals surface area contributed by atoms with Crippen molar-refractivity contribution in [3.05, 3.63) is 60.2 Å². The second-order valence-electron chi connectivity index (χ2n) is 5.43. The third-order valence-electron chi connectivity index (χ3n) is 3.59. The summed E-state index contributed by atoms with van der Waals surface area (Å²) in [4.78, 5) is 37.8. The molecule has 0 heterocycles. The Labute approximate surface area is 157 Å². The van der Waals surface area contributed by atoms with E-state index in [1.165, 1.54) is 18.1 Å². The van der Waals surface area contributed by atoms with Crippen molar-refractivity contribution < 1.29 is 28.6 Å². The summed E-state index contributed by atoms with van der Waals surface area (Å²) in [5, 5.41) is 0. The summed E-state index contributed by atoms with van der Waals surface area (Å²) in [6, 6.07) is 15.0. The summed E-state index contributed by atoms with van der Waals surface area (Å²) in [6.07, 6.45) is 0. The van der Waals surface area contributed by atoms with E-state index < -0.39 is 24.5 Å². The Hall–Kier alpha value is -3.35. The molecule has 0 N–H and O–H groups in total. The molecule has 7 nitrogen and oxygen atoms in total. The number of amides is 1. The third-order valence-corrected chi connectivity index (χ3v) is 3.59.